The van der Waals surface area contributed by atoms with Gasteiger partial charge in [-0.25, -0.2) is 0 Å². The van der Waals surface area contributed by atoms with Gasteiger partial charge in [-0.3, -0.25) is 9.59 Å². The highest BCUT2D eigenvalue weighted by Crippen LogP contribution is 2.17. The van der Waals surface area contributed by atoms with Crippen molar-refractivity contribution in [1.29, 1.82) is 0 Å². The smallest absolute Gasteiger partial charge is 0.320 e. The summed E-state index contributed by atoms with van der Waals surface area (Å²) >= 11 is 0. The average Bonchev–Trinajstić information content (AvgIpc) is 2.51. The third-order valence-electron chi connectivity index (χ3n) is 2.58. The van der Waals surface area contributed by atoms with Crippen LogP contribution in [0.3, 0.4) is 0 Å². The highest BCUT2D eigenvalue weighted by Gasteiger charge is 2.28. The molecular weight excluding hydrogens is 184 g/mol. The lowest BCUT2D eigenvalue weighted by atomic mass is 9.98. The van der Waals surface area contributed by atoms with Crippen LogP contribution < -0.4 is 5.73 Å². The number of nitrogens with zero attached hydrogens (tertiary/aromatic N) is 1. The molecule has 1 aliphatic rings. The van der Waals surface area contributed by atoms with Crippen molar-refractivity contribution in [2.45, 2.75) is 18.9 Å². The van der Waals surface area contributed by atoms with Gasteiger partial charge < -0.3 is 15.7 Å². The number of aliphatic carboxylic acids is 1. The Bertz CT molecular complexity index is 242. The van der Waals surface area contributed by atoms with Gasteiger partial charge in [0.1, 0.15) is 11.8 Å². The Labute approximate surface area is 82.9 Å². The summed E-state index contributed by atoms with van der Waals surface area (Å²) < 4.78 is 0. The fourth-order valence-corrected chi connectivity index (χ4v) is 1.67. The normalized spacial score (nSPS) is 24.9. The lowest BCUT2D eigenvalue weighted by Crippen LogP contribution is -2.34. The van der Waals surface area contributed by atoms with Crippen LogP contribution in [0.15, 0.2) is 0 Å². The molecule has 5 heteroatoms. The number of rotatable bonds is 4. The molecular formula is C9H16N2O3. The number of carbonyl (C=O) groups is 2. The summed E-state index contributed by atoms with van der Waals surface area (Å²) in [5.74, 6) is -1.15. The van der Waals surface area contributed by atoms with Crippen LogP contribution in [0.5, 0.6) is 0 Å². The summed E-state index contributed by atoms with van der Waals surface area (Å²) in [5.41, 5.74) is 5.29. The maximum atomic E-state index is 11.5. The molecule has 2 atom stereocenters. The van der Waals surface area contributed by atoms with Gasteiger partial charge in [-0.15, -0.1) is 0 Å². The minimum atomic E-state index is -1.11. The first-order valence-electron chi connectivity index (χ1n) is 4.70. The summed E-state index contributed by atoms with van der Waals surface area (Å²) in [5, 5.41) is 8.54. The zero-order valence-electron chi connectivity index (χ0n) is 8.27. The highest BCUT2D eigenvalue weighted by atomic mass is 16.4. The number of ketones is 1. The molecule has 0 radical (unpaired) electrons. The number of carboxylic acid groups (broad SMARTS) is 1. The van der Waals surface area contributed by atoms with Gasteiger partial charge in [-0.1, -0.05) is 0 Å². The molecule has 0 aromatic heterocycles. The first-order chi connectivity index (χ1) is 6.50. The predicted molar refractivity (Wildman–Crippen MR) is 50.8 cm³/mol. The van der Waals surface area contributed by atoms with E-state index in [1.165, 1.54) is 0 Å². The third kappa shape index (κ3) is 2.78. The Kier molecular flexibility index (Phi) is 3.60. The van der Waals surface area contributed by atoms with Gasteiger partial charge in [0.25, 0.3) is 0 Å². The van der Waals surface area contributed by atoms with Crippen LogP contribution in [0.1, 0.15) is 12.8 Å². The van der Waals surface area contributed by atoms with Gasteiger partial charge in [0.2, 0.25) is 0 Å². The van der Waals surface area contributed by atoms with Gasteiger partial charge in [-0.2, -0.15) is 0 Å². The third-order valence-corrected chi connectivity index (χ3v) is 2.58. The second-order valence-corrected chi connectivity index (χ2v) is 3.86. The van der Waals surface area contributed by atoms with Gasteiger partial charge >= 0.3 is 5.97 Å². The van der Waals surface area contributed by atoms with Crippen molar-refractivity contribution < 1.29 is 14.7 Å². The molecule has 0 aromatic carbocycles. The molecule has 0 spiro atoms. The topological polar surface area (TPSA) is 83.6 Å². The molecule has 0 aromatic rings. The number of carbonyl (C=O) groups excluding carboxylic acids is 1. The number of carboxylic acids is 1. The van der Waals surface area contributed by atoms with E-state index in [0.717, 1.165) is 19.5 Å². The van der Waals surface area contributed by atoms with E-state index in [1.807, 2.05) is 7.05 Å². The van der Waals surface area contributed by atoms with Crippen LogP contribution in [0.4, 0.5) is 0 Å². The van der Waals surface area contributed by atoms with E-state index >= 15 is 0 Å². The van der Waals surface area contributed by atoms with Crippen LogP contribution in [0, 0.1) is 5.92 Å². The van der Waals surface area contributed by atoms with E-state index in [4.69, 9.17) is 10.8 Å². The molecule has 3 N–H and O–H groups in total. The fourth-order valence-electron chi connectivity index (χ4n) is 1.67. The number of Topliss-reactive ketones (excluding diaryl/α,β-unsaturated/α-hetero) is 1. The standard InChI is InChI=1S/C9H16N2O3/c1-11-3-2-6(5-11)8(12)4-7(10)9(13)14/h6-7H,2-5,10H2,1H3,(H,13,14). The monoisotopic (exact) mass is 200 g/mol. The molecule has 1 saturated heterocycles. The molecule has 0 saturated carbocycles. The lowest BCUT2D eigenvalue weighted by Gasteiger charge is -2.11. The SMILES string of the molecule is CN1CCC(C(=O)CC(N)C(=O)O)C1. The Morgan fingerprint density at radius 2 is 2.29 bits per heavy atom. The summed E-state index contributed by atoms with van der Waals surface area (Å²) in [4.78, 5) is 24.0. The van der Waals surface area contributed by atoms with E-state index < -0.39 is 12.0 Å². The second kappa shape index (κ2) is 4.52. The van der Waals surface area contributed by atoms with Gasteiger partial charge in [0.15, 0.2) is 0 Å². The number of hydrogen-bond donors (Lipinski definition) is 2. The predicted octanol–water partition coefficient (Wildman–Crippen LogP) is -0.691. The molecule has 1 heterocycles. The Balaban J connectivity index is 2.39. The molecule has 1 rings (SSSR count). The molecule has 14 heavy (non-hydrogen) atoms. The Morgan fingerprint density at radius 3 is 2.71 bits per heavy atom. The number of nitrogens with two attached hydrogens (primary N) is 1. The molecule has 1 fully saturated rings. The van der Waals surface area contributed by atoms with Crippen LogP contribution in [-0.2, 0) is 9.59 Å². The fraction of sp³-hybridized carbons (Fsp3) is 0.778. The van der Waals surface area contributed by atoms with E-state index in [1.54, 1.807) is 0 Å². The van der Waals surface area contributed by atoms with Crippen molar-refractivity contribution >= 4 is 11.8 Å². The maximum absolute atomic E-state index is 11.5. The summed E-state index contributed by atoms with van der Waals surface area (Å²) in [6, 6.07) is -1.05. The average molecular weight is 200 g/mol. The molecule has 80 valence electrons. The van der Waals surface area contributed by atoms with Gasteiger partial charge in [0.05, 0.1) is 0 Å². The summed E-state index contributed by atoms with van der Waals surface area (Å²) in [6.45, 7) is 1.63. The Hall–Kier alpha value is -0.940. The van der Waals surface area contributed by atoms with Gasteiger partial charge in [0, 0.05) is 18.9 Å². The minimum Gasteiger partial charge on any atom is -0.480 e. The zero-order valence-corrected chi connectivity index (χ0v) is 8.27. The minimum absolute atomic E-state index is 0.0228. The van der Waals surface area contributed by atoms with Gasteiger partial charge in [-0.05, 0) is 20.0 Å². The summed E-state index contributed by atoms with van der Waals surface area (Å²) in [7, 11) is 1.95. The Morgan fingerprint density at radius 1 is 1.64 bits per heavy atom. The van der Waals surface area contributed by atoms with Crippen molar-refractivity contribution in [2.75, 3.05) is 20.1 Å². The van der Waals surface area contributed by atoms with Crippen molar-refractivity contribution in [2.24, 2.45) is 11.7 Å². The van der Waals surface area contributed by atoms with Crippen molar-refractivity contribution in [1.82, 2.24) is 4.90 Å². The van der Waals surface area contributed by atoms with E-state index in [-0.39, 0.29) is 18.1 Å². The highest BCUT2D eigenvalue weighted by molar-refractivity contribution is 5.87. The molecule has 0 bridgehead atoms. The molecule has 0 amide bonds. The van der Waals surface area contributed by atoms with E-state index in [9.17, 15) is 9.59 Å². The summed E-state index contributed by atoms with van der Waals surface area (Å²) in [6.07, 6.45) is 0.773. The van der Waals surface area contributed by atoms with Crippen LogP contribution in [0.25, 0.3) is 0 Å². The lowest BCUT2D eigenvalue weighted by molar-refractivity contribution is -0.140. The molecule has 5 nitrogen and oxygen atoms in total. The van der Waals surface area contributed by atoms with Crippen molar-refractivity contribution in [3.8, 4) is 0 Å². The van der Waals surface area contributed by atoms with E-state index in [0.29, 0.717) is 0 Å². The van der Waals surface area contributed by atoms with Crippen LogP contribution in [-0.4, -0.2) is 47.9 Å². The largest absolute Gasteiger partial charge is 0.480 e. The van der Waals surface area contributed by atoms with Crippen molar-refractivity contribution in [3.63, 3.8) is 0 Å². The number of hydrogen-bond acceptors (Lipinski definition) is 4. The van der Waals surface area contributed by atoms with Crippen LogP contribution >= 0.6 is 0 Å². The van der Waals surface area contributed by atoms with Crippen molar-refractivity contribution in [3.05, 3.63) is 0 Å². The molecule has 1 aliphatic heterocycles. The van der Waals surface area contributed by atoms with E-state index in [2.05, 4.69) is 4.90 Å². The first kappa shape index (κ1) is 11.1. The first-order valence-corrected chi connectivity index (χ1v) is 4.70. The number of likely N-dealkylation sites (tertiary alicyclic amines) is 1. The zero-order chi connectivity index (χ0) is 10.7. The quantitative estimate of drug-likeness (QED) is 0.627. The van der Waals surface area contributed by atoms with Crippen LogP contribution in [0.2, 0.25) is 0 Å². The molecule has 0 aliphatic carbocycles. The second-order valence-electron chi connectivity index (χ2n) is 3.86. The maximum Gasteiger partial charge on any atom is 0.320 e. The molecule has 2 unspecified atom stereocenters.